The minimum Gasteiger partial charge on any atom is -0.480 e. The van der Waals surface area contributed by atoms with Crippen LogP contribution >= 0.6 is 0 Å². The molecule has 104 valence electrons. The summed E-state index contributed by atoms with van der Waals surface area (Å²) in [5.41, 5.74) is -0.252. The zero-order valence-corrected chi connectivity index (χ0v) is 10.9. The maximum atomic E-state index is 11.6. The van der Waals surface area contributed by atoms with Gasteiger partial charge in [0.05, 0.1) is 5.52 Å². The van der Waals surface area contributed by atoms with Crippen LogP contribution in [0.4, 0.5) is 5.95 Å². The number of fused-ring (bicyclic) bond motifs is 1. The number of benzene rings is 1. The normalized spacial score (nSPS) is 17.8. The van der Waals surface area contributed by atoms with Crippen molar-refractivity contribution in [1.29, 1.82) is 0 Å². The van der Waals surface area contributed by atoms with E-state index >= 15 is 0 Å². The molecule has 0 radical (unpaired) electrons. The molecule has 6 nitrogen and oxygen atoms in total. The molecule has 20 heavy (non-hydrogen) atoms. The second kappa shape index (κ2) is 5.05. The predicted octanol–water partition coefficient (Wildman–Crippen LogP) is 1.68. The van der Waals surface area contributed by atoms with E-state index in [9.17, 15) is 9.90 Å². The summed E-state index contributed by atoms with van der Waals surface area (Å²) in [6.45, 7) is 0.847. The molecule has 0 aliphatic carbocycles. The zero-order valence-electron chi connectivity index (χ0n) is 10.9. The van der Waals surface area contributed by atoms with Gasteiger partial charge in [-0.15, -0.1) is 0 Å². The van der Waals surface area contributed by atoms with E-state index in [0.29, 0.717) is 32.0 Å². The Morgan fingerprint density at radius 2 is 2.05 bits per heavy atom. The van der Waals surface area contributed by atoms with E-state index < -0.39 is 11.5 Å². The van der Waals surface area contributed by atoms with Gasteiger partial charge in [-0.05, 0) is 6.07 Å². The number of aromatic nitrogens is 2. The second-order valence-corrected chi connectivity index (χ2v) is 4.88. The smallest absolute Gasteiger partial charge is 0.329 e. The van der Waals surface area contributed by atoms with Crippen LogP contribution < -0.4 is 5.32 Å². The van der Waals surface area contributed by atoms with Crippen molar-refractivity contribution in [2.75, 3.05) is 18.5 Å². The molecule has 1 aromatic heterocycles. The maximum absolute atomic E-state index is 11.6. The van der Waals surface area contributed by atoms with Gasteiger partial charge < -0.3 is 15.2 Å². The summed E-state index contributed by atoms with van der Waals surface area (Å²) in [4.78, 5) is 20.1. The molecule has 2 aromatic rings. The summed E-state index contributed by atoms with van der Waals surface area (Å²) >= 11 is 0. The second-order valence-electron chi connectivity index (χ2n) is 4.88. The quantitative estimate of drug-likeness (QED) is 0.885. The first-order chi connectivity index (χ1) is 9.70. The fourth-order valence-electron chi connectivity index (χ4n) is 2.36. The van der Waals surface area contributed by atoms with Crippen LogP contribution in [0.25, 0.3) is 10.9 Å². The molecule has 1 saturated heterocycles. The molecular weight excluding hydrogens is 258 g/mol. The Balaban J connectivity index is 1.92. The third-order valence-corrected chi connectivity index (χ3v) is 3.60. The Hall–Kier alpha value is -2.21. The first-order valence-electron chi connectivity index (χ1n) is 6.51. The van der Waals surface area contributed by atoms with Gasteiger partial charge in [0.25, 0.3) is 0 Å². The molecule has 1 fully saturated rings. The van der Waals surface area contributed by atoms with E-state index in [4.69, 9.17) is 4.74 Å². The van der Waals surface area contributed by atoms with Crippen molar-refractivity contribution in [3.63, 3.8) is 0 Å². The van der Waals surface area contributed by atoms with Crippen molar-refractivity contribution in [2.24, 2.45) is 0 Å². The number of para-hydroxylation sites is 1. The molecule has 2 heterocycles. The van der Waals surface area contributed by atoms with Crippen molar-refractivity contribution in [3.05, 3.63) is 30.5 Å². The number of aliphatic carboxylic acids is 1. The van der Waals surface area contributed by atoms with Crippen molar-refractivity contribution in [3.8, 4) is 0 Å². The molecule has 0 bridgehead atoms. The minimum atomic E-state index is -1.04. The van der Waals surface area contributed by atoms with Crippen LogP contribution in [0, 0.1) is 0 Å². The average molecular weight is 273 g/mol. The van der Waals surface area contributed by atoms with Gasteiger partial charge in [0.15, 0.2) is 0 Å². The molecule has 1 aliphatic heterocycles. The molecule has 6 heteroatoms. The lowest BCUT2D eigenvalue weighted by Gasteiger charge is -2.33. The van der Waals surface area contributed by atoms with E-state index in [1.165, 1.54) is 0 Å². The fraction of sp³-hybridized carbons (Fsp3) is 0.357. The van der Waals surface area contributed by atoms with E-state index in [1.807, 2.05) is 24.3 Å². The number of nitrogens with zero attached hydrogens (tertiary/aromatic N) is 2. The first-order valence-corrected chi connectivity index (χ1v) is 6.51. The first kappa shape index (κ1) is 12.8. The standard InChI is InChI=1S/C14H15N3O3/c18-12(19)14(5-7-20-8-6-14)17-13-15-9-10-3-1-2-4-11(10)16-13/h1-4,9H,5-8H2,(H,18,19)(H,15,16,17). The summed E-state index contributed by atoms with van der Waals surface area (Å²) in [5, 5.41) is 13.4. The average Bonchev–Trinajstić information content (AvgIpc) is 2.48. The Morgan fingerprint density at radius 3 is 2.80 bits per heavy atom. The minimum absolute atomic E-state index is 0.341. The van der Waals surface area contributed by atoms with E-state index in [1.54, 1.807) is 6.20 Å². The summed E-state index contributed by atoms with van der Waals surface area (Å²) in [6.07, 6.45) is 2.50. The van der Waals surface area contributed by atoms with Crippen LogP contribution in [0.2, 0.25) is 0 Å². The van der Waals surface area contributed by atoms with Crippen LogP contribution in [0.5, 0.6) is 0 Å². The Morgan fingerprint density at radius 1 is 1.30 bits per heavy atom. The van der Waals surface area contributed by atoms with E-state index in [-0.39, 0.29) is 0 Å². The van der Waals surface area contributed by atoms with Crippen LogP contribution in [-0.4, -0.2) is 39.8 Å². The number of hydrogen-bond donors (Lipinski definition) is 2. The Labute approximate surface area is 115 Å². The molecule has 1 aromatic carbocycles. The van der Waals surface area contributed by atoms with Gasteiger partial charge in [0.1, 0.15) is 5.54 Å². The molecule has 0 spiro atoms. The topological polar surface area (TPSA) is 84.3 Å². The monoisotopic (exact) mass is 273 g/mol. The molecule has 1 aliphatic rings. The third-order valence-electron chi connectivity index (χ3n) is 3.60. The Bertz CT molecular complexity index is 638. The summed E-state index contributed by atoms with van der Waals surface area (Å²) in [7, 11) is 0. The van der Waals surface area contributed by atoms with Crippen LogP contribution in [-0.2, 0) is 9.53 Å². The number of carboxylic acids is 1. The summed E-state index contributed by atoms with van der Waals surface area (Å²) < 4.78 is 5.24. The van der Waals surface area contributed by atoms with Gasteiger partial charge in [0.2, 0.25) is 5.95 Å². The summed E-state index contributed by atoms with van der Waals surface area (Å²) in [5.74, 6) is -0.550. The maximum Gasteiger partial charge on any atom is 0.329 e. The molecular formula is C14H15N3O3. The van der Waals surface area contributed by atoms with Gasteiger partial charge in [-0.2, -0.15) is 0 Å². The number of ether oxygens (including phenoxy) is 1. The highest BCUT2D eigenvalue weighted by molar-refractivity contribution is 5.83. The SMILES string of the molecule is O=C(O)C1(Nc2ncc3ccccc3n2)CCOCC1. The van der Waals surface area contributed by atoms with Crippen LogP contribution in [0.15, 0.2) is 30.5 Å². The molecule has 0 unspecified atom stereocenters. The van der Waals surface area contributed by atoms with Crippen molar-refractivity contribution in [1.82, 2.24) is 9.97 Å². The highest BCUT2D eigenvalue weighted by Crippen LogP contribution is 2.25. The molecule has 0 atom stereocenters. The third kappa shape index (κ3) is 2.30. The lowest BCUT2D eigenvalue weighted by molar-refractivity contribution is -0.145. The number of nitrogens with one attached hydrogen (secondary N) is 1. The zero-order chi connectivity index (χ0) is 14.0. The number of carboxylic acid groups (broad SMARTS) is 1. The molecule has 2 N–H and O–H groups in total. The number of rotatable bonds is 3. The fourth-order valence-corrected chi connectivity index (χ4v) is 2.36. The van der Waals surface area contributed by atoms with Crippen molar-refractivity contribution in [2.45, 2.75) is 18.4 Å². The molecule has 3 rings (SSSR count). The Kier molecular flexibility index (Phi) is 3.23. The van der Waals surface area contributed by atoms with E-state index in [0.717, 1.165) is 10.9 Å². The van der Waals surface area contributed by atoms with Crippen molar-refractivity contribution < 1.29 is 14.6 Å². The highest BCUT2D eigenvalue weighted by atomic mass is 16.5. The lowest BCUT2D eigenvalue weighted by Crippen LogP contribution is -2.50. The van der Waals surface area contributed by atoms with Crippen molar-refractivity contribution >= 4 is 22.8 Å². The highest BCUT2D eigenvalue weighted by Gasteiger charge is 2.40. The van der Waals surface area contributed by atoms with Gasteiger partial charge in [-0.3, -0.25) is 0 Å². The van der Waals surface area contributed by atoms with E-state index in [2.05, 4.69) is 15.3 Å². The molecule has 0 saturated carbocycles. The van der Waals surface area contributed by atoms with Crippen LogP contribution in [0.3, 0.4) is 0 Å². The van der Waals surface area contributed by atoms with Gasteiger partial charge in [0, 0.05) is 37.6 Å². The van der Waals surface area contributed by atoms with Gasteiger partial charge in [-0.25, -0.2) is 14.8 Å². The molecule has 0 amide bonds. The largest absolute Gasteiger partial charge is 0.480 e. The summed E-state index contributed by atoms with van der Waals surface area (Å²) in [6, 6.07) is 7.59. The number of carbonyl (C=O) groups is 1. The van der Waals surface area contributed by atoms with Gasteiger partial charge in [-0.1, -0.05) is 18.2 Å². The number of hydrogen-bond acceptors (Lipinski definition) is 5. The number of anilines is 1. The predicted molar refractivity (Wildman–Crippen MR) is 73.6 cm³/mol. The van der Waals surface area contributed by atoms with Gasteiger partial charge >= 0.3 is 5.97 Å². The lowest BCUT2D eigenvalue weighted by atomic mass is 9.90. The van der Waals surface area contributed by atoms with Crippen LogP contribution in [0.1, 0.15) is 12.8 Å².